The first-order valence-corrected chi connectivity index (χ1v) is 9.77. The lowest BCUT2D eigenvalue weighted by molar-refractivity contribution is -0.384. The van der Waals surface area contributed by atoms with Crippen LogP contribution in [0.2, 0.25) is 5.02 Å². The maximum Gasteiger partial charge on any atom is 0.288 e. The molecule has 0 bridgehead atoms. The number of nitrogens with zero attached hydrogens (tertiary/aromatic N) is 4. The van der Waals surface area contributed by atoms with Gasteiger partial charge in [-0.3, -0.25) is 14.5 Å². The molecule has 4 aromatic rings. The molecule has 1 N–H and O–H groups in total. The average molecular weight is 437 g/mol. The number of ether oxygens (including phenoxy) is 1. The van der Waals surface area contributed by atoms with Crippen LogP contribution in [0.25, 0.3) is 16.9 Å². The Labute approximate surface area is 182 Å². The van der Waals surface area contributed by atoms with Gasteiger partial charge in [0.15, 0.2) is 17.3 Å². The number of hydrogen-bond acceptors (Lipinski definition) is 6. The van der Waals surface area contributed by atoms with E-state index in [2.05, 4.69) is 9.98 Å². The molecule has 8 nitrogen and oxygen atoms in total. The molecule has 0 saturated carbocycles. The minimum atomic E-state index is -0.537. The van der Waals surface area contributed by atoms with Crippen molar-refractivity contribution >= 4 is 35.0 Å². The van der Waals surface area contributed by atoms with Crippen molar-refractivity contribution in [3.63, 3.8) is 0 Å². The van der Waals surface area contributed by atoms with Crippen molar-refractivity contribution in [3.8, 4) is 22.8 Å². The molecule has 9 heteroatoms. The van der Waals surface area contributed by atoms with Crippen LogP contribution in [0.4, 0.5) is 11.5 Å². The van der Waals surface area contributed by atoms with Crippen LogP contribution in [0.3, 0.4) is 0 Å². The fourth-order valence-corrected chi connectivity index (χ4v) is 3.30. The third-order valence-electron chi connectivity index (χ3n) is 4.54. The first-order chi connectivity index (χ1) is 15.0. The Balaban J connectivity index is 1.83. The summed E-state index contributed by atoms with van der Waals surface area (Å²) >= 11 is 5.89. The van der Waals surface area contributed by atoms with E-state index in [9.17, 15) is 15.2 Å². The van der Waals surface area contributed by atoms with Gasteiger partial charge in [-0.1, -0.05) is 23.7 Å². The molecule has 0 amide bonds. The first kappa shape index (κ1) is 20.4. The zero-order valence-electron chi connectivity index (χ0n) is 16.4. The number of imidazole rings is 1. The normalized spacial score (nSPS) is 11.3. The molecule has 0 aliphatic carbocycles. The Morgan fingerprint density at radius 3 is 2.87 bits per heavy atom. The number of nitro benzene ring substituents is 1. The fraction of sp³-hybridized carbons (Fsp3) is 0.0909. The summed E-state index contributed by atoms with van der Waals surface area (Å²) in [6, 6.07) is 15.0. The van der Waals surface area contributed by atoms with E-state index < -0.39 is 4.92 Å². The molecule has 0 saturated heterocycles. The van der Waals surface area contributed by atoms with Gasteiger partial charge in [0.2, 0.25) is 0 Å². The van der Waals surface area contributed by atoms with Crippen molar-refractivity contribution in [1.29, 1.82) is 0 Å². The summed E-state index contributed by atoms with van der Waals surface area (Å²) in [5, 5.41) is 21.2. The van der Waals surface area contributed by atoms with Crippen molar-refractivity contribution in [1.82, 2.24) is 9.38 Å². The van der Waals surface area contributed by atoms with Gasteiger partial charge in [-0.05, 0) is 48.9 Å². The smallest absolute Gasteiger partial charge is 0.288 e. The van der Waals surface area contributed by atoms with Gasteiger partial charge in [0.05, 0.1) is 11.5 Å². The number of rotatable bonds is 6. The molecule has 4 rings (SSSR count). The first-order valence-electron chi connectivity index (χ1n) is 9.39. The molecule has 0 radical (unpaired) electrons. The lowest BCUT2D eigenvalue weighted by Crippen LogP contribution is -1.93. The number of halogens is 1. The molecule has 2 aromatic heterocycles. The molecule has 0 spiro atoms. The molecule has 156 valence electrons. The Bertz CT molecular complexity index is 1320. The van der Waals surface area contributed by atoms with Gasteiger partial charge in [0.25, 0.3) is 5.69 Å². The summed E-state index contributed by atoms with van der Waals surface area (Å²) in [6.07, 6.45) is 3.35. The summed E-state index contributed by atoms with van der Waals surface area (Å²) in [5.41, 5.74) is 2.29. The lowest BCUT2D eigenvalue weighted by atomic mass is 10.1. The van der Waals surface area contributed by atoms with Crippen molar-refractivity contribution < 1.29 is 14.8 Å². The largest absolute Gasteiger partial charge is 0.504 e. The van der Waals surface area contributed by atoms with E-state index in [0.717, 1.165) is 0 Å². The Morgan fingerprint density at radius 1 is 1.26 bits per heavy atom. The average Bonchev–Trinajstić information content (AvgIpc) is 3.13. The minimum Gasteiger partial charge on any atom is -0.504 e. The summed E-state index contributed by atoms with van der Waals surface area (Å²) in [6.45, 7) is 2.24. The zero-order valence-corrected chi connectivity index (χ0v) is 17.2. The van der Waals surface area contributed by atoms with Crippen LogP contribution in [0.15, 0.2) is 65.8 Å². The minimum absolute atomic E-state index is 0.0351. The Hall–Kier alpha value is -3.91. The molecule has 2 heterocycles. The highest BCUT2D eigenvalue weighted by Gasteiger charge is 2.16. The summed E-state index contributed by atoms with van der Waals surface area (Å²) < 4.78 is 7.30. The second-order valence-electron chi connectivity index (χ2n) is 6.55. The van der Waals surface area contributed by atoms with Crippen molar-refractivity contribution in [2.75, 3.05) is 6.61 Å². The fourth-order valence-electron chi connectivity index (χ4n) is 3.12. The number of pyridine rings is 1. The van der Waals surface area contributed by atoms with Gasteiger partial charge in [-0.2, -0.15) is 0 Å². The van der Waals surface area contributed by atoms with Crippen LogP contribution < -0.4 is 4.74 Å². The van der Waals surface area contributed by atoms with Gasteiger partial charge >= 0.3 is 0 Å². The summed E-state index contributed by atoms with van der Waals surface area (Å²) in [5.74, 6) is 0.912. The molecule has 0 fully saturated rings. The van der Waals surface area contributed by atoms with E-state index >= 15 is 0 Å². The number of aliphatic imine (C=N–C) groups is 1. The Morgan fingerprint density at radius 2 is 2.10 bits per heavy atom. The molecule has 0 aliphatic rings. The van der Waals surface area contributed by atoms with E-state index in [1.165, 1.54) is 18.3 Å². The topological polar surface area (TPSA) is 102 Å². The SMILES string of the molecule is CCOc1cc(-c2nc3ccccn3c2/N=C/c2ccc(Cl)c([N+](=O)[O-])c2)ccc1O. The van der Waals surface area contributed by atoms with E-state index in [1.807, 2.05) is 35.7 Å². The van der Waals surface area contributed by atoms with E-state index in [4.69, 9.17) is 16.3 Å². The maximum atomic E-state index is 11.2. The molecule has 0 aliphatic heterocycles. The summed E-state index contributed by atoms with van der Waals surface area (Å²) in [7, 11) is 0. The molecule has 2 aromatic carbocycles. The maximum absolute atomic E-state index is 11.2. The highest BCUT2D eigenvalue weighted by Crippen LogP contribution is 2.36. The highest BCUT2D eigenvalue weighted by molar-refractivity contribution is 6.32. The second-order valence-corrected chi connectivity index (χ2v) is 6.96. The van der Waals surface area contributed by atoms with Crippen molar-refractivity contribution in [3.05, 3.63) is 81.5 Å². The standard InChI is InChI=1S/C22H17ClN4O4/c1-2-31-19-12-15(7-9-18(19)28)21-22(26-10-4-3-5-20(26)25-21)24-13-14-6-8-16(23)17(11-14)27(29)30/h3-13,28H,2H2,1H3/b24-13+. The van der Waals surface area contributed by atoms with Gasteiger partial charge in [0.1, 0.15) is 16.4 Å². The number of phenols is 1. The number of nitro groups is 1. The Kier molecular flexibility index (Phi) is 5.55. The van der Waals surface area contributed by atoms with Crippen molar-refractivity contribution in [2.45, 2.75) is 6.92 Å². The molecule has 31 heavy (non-hydrogen) atoms. The van der Waals surface area contributed by atoms with E-state index in [0.29, 0.717) is 40.6 Å². The quantitative estimate of drug-likeness (QED) is 0.247. The lowest BCUT2D eigenvalue weighted by Gasteiger charge is -2.07. The number of fused-ring (bicyclic) bond motifs is 1. The monoisotopic (exact) mass is 436 g/mol. The van der Waals surface area contributed by atoms with Gasteiger partial charge in [-0.25, -0.2) is 9.98 Å². The van der Waals surface area contributed by atoms with Gasteiger partial charge in [-0.15, -0.1) is 0 Å². The number of aromatic hydroxyl groups is 1. The second kappa shape index (κ2) is 8.45. The zero-order chi connectivity index (χ0) is 22.0. The predicted octanol–water partition coefficient (Wildman–Crippen LogP) is 5.42. The van der Waals surface area contributed by atoms with Crippen LogP contribution in [-0.4, -0.2) is 32.2 Å². The van der Waals surface area contributed by atoms with Crippen LogP contribution in [-0.2, 0) is 0 Å². The molecule has 0 atom stereocenters. The van der Waals surface area contributed by atoms with Crippen LogP contribution in [0, 0.1) is 10.1 Å². The van der Waals surface area contributed by atoms with Crippen LogP contribution in [0.5, 0.6) is 11.5 Å². The van der Waals surface area contributed by atoms with Gasteiger partial charge in [0, 0.05) is 24.0 Å². The van der Waals surface area contributed by atoms with Crippen molar-refractivity contribution in [2.24, 2.45) is 4.99 Å². The summed E-state index contributed by atoms with van der Waals surface area (Å²) in [4.78, 5) is 19.9. The number of benzene rings is 2. The number of phenolic OH excluding ortho intramolecular Hbond substituents is 1. The number of hydrogen-bond donors (Lipinski definition) is 1. The number of aromatic nitrogens is 2. The molecule has 0 unspecified atom stereocenters. The van der Waals surface area contributed by atoms with E-state index in [-0.39, 0.29) is 16.5 Å². The van der Waals surface area contributed by atoms with E-state index in [1.54, 1.807) is 24.3 Å². The van der Waals surface area contributed by atoms with Crippen LogP contribution >= 0.6 is 11.6 Å². The van der Waals surface area contributed by atoms with Gasteiger partial charge < -0.3 is 9.84 Å². The predicted molar refractivity (Wildman–Crippen MR) is 119 cm³/mol. The highest BCUT2D eigenvalue weighted by atomic mass is 35.5. The molecular weight excluding hydrogens is 420 g/mol. The third-order valence-corrected chi connectivity index (χ3v) is 4.86. The van der Waals surface area contributed by atoms with Crippen LogP contribution in [0.1, 0.15) is 12.5 Å². The third kappa shape index (κ3) is 4.06. The molecular formula is C22H17ClN4O4.